The molecule has 3 amide bonds. The van der Waals surface area contributed by atoms with Crippen LogP contribution in [-0.2, 0) is 14.4 Å². The van der Waals surface area contributed by atoms with E-state index in [-0.39, 0.29) is 35.4 Å². The molecule has 8 heteroatoms. The Labute approximate surface area is 206 Å². The maximum Gasteiger partial charge on any atom is 0.278 e. The Bertz CT molecular complexity index is 1090. The van der Waals surface area contributed by atoms with Crippen molar-refractivity contribution in [2.24, 2.45) is 5.92 Å². The highest BCUT2D eigenvalue weighted by molar-refractivity contribution is 9.10. The van der Waals surface area contributed by atoms with Crippen LogP contribution in [0.4, 0.5) is 11.4 Å². The van der Waals surface area contributed by atoms with Crippen LogP contribution in [0.5, 0.6) is 0 Å². The number of hydrogen-bond donors (Lipinski definition) is 2. The molecule has 33 heavy (non-hydrogen) atoms. The van der Waals surface area contributed by atoms with Gasteiger partial charge in [0.05, 0.1) is 0 Å². The average molecular weight is 528 g/mol. The van der Waals surface area contributed by atoms with Crippen molar-refractivity contribution in [2.45, 2.75) is 50.5 Å². The summed E-state index contributed by atoms with van der Waals surface area (Å²) in [5.74, 6) is -0.472. The highest BCUT2D eigenvalue weighted by Gasteiger charge is 2.40. The number of hydrogen-bond acceptors (Lipinski definition) is 5. The molecule has 1 aliphatic carbocycles. The van der Waals surface area contributed by atoms with Crippen molar-refractivity contribution in [3.8, 4) is 0 Å². The lowest BCUT2D eigenvalue weighted by Gasteiger charge is -2.19. The quantitative estimate of drug-likeness (QED) is 0.446. The molecule has 1 saturated carbocycles. The smallest absolute Gasteiger partial charge is 0.278 e. The second-order valence-electron chi connectivity index (χ2n) is 8.51. The molecule has 0 bridgehead atoms. The lowest BCUT2D eigenvalue weighted by Crippen LogP contribution is -2.38. The van der Waals surface area contributed by atoms with Crippen LogP contribution in [0.15, 0.2) is 68.5 Å². The van der Waals surface area contributed by atoms with Crippen molar-refractivity contribution in [1.82, 2.24) is 4.90 Å². The van der Waals surface area contributed by atoms with Crippen molar-refractivity contribution in [2.75, 3.05) is 10.6 Å². The van der Waals surface area contributed by atoms with Gasteiger partial charge in [0.1, 0.15) is 10.6 Å². The second kappa shape index (κ2) is 10.1. The first-order valence-electron chi connectivity index (χ1n) is 11.1. The monoisotopic (exact) mass is 527 g/mol. The Balaban J connectivity index is 1.54. The number of nitrogens with one attached hydrogen (secondary N) is 2. The van der Waals surface area contributed by atoms with Gasteiger partial charge in [0.25, 0.3) is 11.8 Å². The molecule has 1 aliphatic heterocycles. The third-order valence-corrected chi connectivity index (χ3v) is 7.39. The minimum absolute atomic E-state index is 0.0701. The normalized spacial score (nSPS) is 16.8. The van der Waals surface area contributed by atoms with Gasteiger partial charge in [0.15, 0.2) is 0 Å². The summed E-state index contributed by atoms with van der Waals surface area (Å²) >= 11 is 4.66. The molecule has 0 aromatic heterocycles. The topological polar surface area (TPSA) is 78.5 Å². The van der Waals surface area contributed by atoms with Crippen molar-refractivity contribution in [1.29, 1.82) is 0 Å². The first-order chi connectivity index (χ1) is 15.8. The minimum atomic E-state index is -0.333. The van der Waals surface area contributed by atoms with Crippen LogP contribution in [-0.4, -0.2) is 28.7 Å². The molecule has 0 spiro atoms. The van der Waals surface area contributed by atoms with Crippen LogP contribution in [0, 0.1) is 5.92 Å². The molecule has 1 heterocycles. The van der Waals surface area contributed by atoms with Gasteiger partial charge in [0.2, 0.25) is 5.91 Å². The standard InChI is InChI=1S/C25H26BrN3O3S/c1-15(2)29-24(31)21(27-18-9-7-17(26)8-10-18)22(25(29)32)33-20-13-11-19(12-14-20)28-23(30)16-5-3-4-6-16/h7-16,27H,3-6H2,1-2H3,(H,28,30). The van der Waals surface area contributed by atoms with E-state index >= 15 is 0 Å². The van der Waals surface area contributed by atoms with Crippen LogP contribution in [0.3, 0.4) is 0 Å². The van der Waals surface area contributed by atoms with Crippen LogP contribution >= 0.6 is 27.7 Å². The number of benzene rings is 2. The van der Waals surface area contributed by atoms with Crippen LogP contribution in [0.2, 0.25) is 0 Å². The van der Waals surface area contributed by atoms with Gasteiger partial charge < -0.3 is 10.6 Å². The molecule has 2 aromatic rings. The number of thioether (sulfide) groups is 1. The Morgan fingerprint density at radius 2 is 1.58 bits per heavy atom. The Morgan fingerprint density at radius 1 is 0.970 bits per heavy atom. The van der Waals surface area contributed by atoms with E-state index in [4.69, 9.17) is 0 Å². The van der Waals surface area contributed by atoms with Crippen molar-refractivity contribution < 1.29 is 14.4 Å². The first-order valence-corrected chi connectivity index (χ1v) is 12.7. The van der Waals surface area contributed by atoms with E-state index in [1.807, 2.05) is 62.4 Å². The molecule has 2 aromatic carbocycles. The SMILES string of the molecule is CC(C)N1C(=O)C(Nc2ccc(Br)cc2)=C(Sc2ccc(NC(=O)C3CCCC3)cc2)C1=O. The number of anilines is 2. The number of carbonyl (C=O) groups is 3. The lowest BCUT2D eigenvalue weighted by molar-refractivity contribution is -0.139. The average Bonchev–Trinajstić information content (AvgIpc) is 3.40. The zero-order valence-electron chi connectivity index (χ0n) is 18.6. The summed E-state index contributed by atoms with van der Waals surface area (Å²) in [6, 6.07) is 14.6. The highest BCUT2D eigenvalue weighted by atomic mass is 79.9. The maximum atomic E-state index is 13.1. The van der Waals surface area contributed by atoms with Gasteiger partial charge in [-0.2, -0.15) is 0 Å². The van der Waals surface area contributed by atoms with E-state index in [0.717, 1.165) is 46.4 Å². The predicted molar refractivity (Wildman–Crippen MR) is 135 cm³/mol. The Hall–Kier alpha value is -2.58. The Morgan fingerprint density at radius 3 is 2.18 bits per heavy atom. The van der Waals surface area contributed by atoms with Gasteiger partial charge in [-0.3, -0.25) is 19.3 Å². The third kappa shape index (κ3) is 5.33. The van der Waals surface area contributed by atoms with Gasteiger partial charge in [-0.25, -0.2) is 0 Å². The van der Waals surface area contributed by atoms with Gasteiger partial charge in [-0.1, -0.05) is 40.5 Å². The van der Waals surface area contributed by atoms with Crippen molar-refractivity contribution in [3.63, 3.8) is 0 Å². The van der Waals surface area contributed by atoms with Crippen LogP contribution < -0.4 is 10.6 Å². The molecular weight excluding hydrogens is 502 g/mol. The van der Waals surface area contributed by atoms with Gasteiger partial charge in [-0.15, -0.1) is 0 Å². The number of imide groups is 1. The number of carbonyl (C=O) groups excluding carboxylic acids is 3. The molecule has 0 saturated heterocycles. The number of nitrogens with zero attached hydrogens (tertiary/aromatic N) is 1. The molecule has 6 nitrogen and oxygen atoms in total. The molecule has 2 N–H and O–H groups in total. The number of rotatable bonds is 7. The van der Waals surface area contributed by atoms with Crippen LogP contribution in [0.1, 0.15) is 39.5 Å². The molecule has 172 valence electrons. The van der Waals surface area contributed by atoms with E-state index in [9.17, 15) is 14.4 Å². The summed E-state index contributed by atoms with van der Waals surface area (Å²) in [7, 11) is 0. The summed E-state index contributed by atoms with van der Waals surface area (Å²) in [4.78, 5) is 41.0. The van der Waals surface area contributed by atoms with Crippen LogP contribution in [0.25, 0.3) is 0 Å². The fraction of sp³-hybridized carbons (Fsp3) is 0.320. The van der Waals surface area contributed by atoms with Gasteiger partial charge in [-0.05, 0) is 75.2 Å². The van der Waals surface area contributed by atoms with Gasteiger partial charge >= 0.3 is 0 Å². The van der Waals surface area contributed by atoms with E-state index < -0.39 is 0 Å². The zero-order valence-corrected chi connectivity index (χ0v) is 21.0. The van der Waals surface area contributed by atoms with E-state index in [2.05, 4.69) is 26.6 Å². The molecule has 0 atom stereocenters. The molecule has 4 rings (SSSR count). The summed E-state index contributed by atoms with van der Waals surface area (Å²) in [6.07, 6.45) is 4.12. The molecule has 0 radical (unpaired) electrons. The minimum Gasteiger partial charge on any atom is -0.350 e. The summed E-state index contributed by atoms with van der Waals surface area (Å²) in [6.45, 7) is 3.64. The fourth-order valence-corrected chi connectivity index (χ4v) is 5.23. The number of halogens is 1. The number of amides is 3. The highest BCUT2D eigenvalue weighted by Crippen LogP contribution is 2.37. The second-order valence-corrected chi connectivity index (χ2v) is 10.5. The van der Waals surface area contributed by atoms with E-state index in [0.29, 0.717) is 4.91 Å². The van der Waals surface area contributed by atoms with E-state index in [1.54, 1.807) is 0 Å². The summed E-state index contributed by atoms with van der Waals surface area (Å²) < 4.78 is 0.925. The van der Waals surface area contributed by atoms with Crippen molar-refractivity contribution in [3.05, 3.63) is 63.6 Å². The third-order valence-electron chi connectivity index (χ3n) is 5.77. The molecule has 2 aliphatic rings. The molecule has 0 unspecified atom stereocenters. The maximum absolute atomic E-state index is 13.1. The van der Waals surface area contributed by atoms with E-state index in [1.165, 1.54) is 16.7 Å². The van der Waals surface area contributed by atoms with Gasteiger partial charge in [0, 0.05) is 32.7 Å². The fourth-order valence-electron chi connectivity index (χ4n) is 4.03. The Kier molecular flexibility index (Phi) is 7.24. The van der Waals surface area contributed by atoms with Crippen molar-refractivity contribution >= 4 is 56.8 Å². The molecular formula is C25H26BrN3O3S. The molecule has 1 fully saturated rings. The zero-order chi connectivity index (χ0) is 23.5. The largest absolute Gasteiger partial charge is 0.350 e. The predicted octanol–water partition coefficient (Wildman–Crippen LogP) is 5.77. The summed E-state index contributed by atoms with van der Waals surface area (Å²) in [5.41, 5.74) is 1.73. The summed E-state index contributed by atoms with van der Waals surface area (Å²) in [5, 5.41) is 6.12. The first kappa shape index (κ1) is 23.6. The lowest BCUT2D eigenvalue weighted by atomic mass is 10.1.